The molecule has 0 radical (unpaired) electrons. The van der Waals surface area contributed by atoms with Crippen molar-refractivity contribution in [2.45, 2.75) is 6.18 Å². The summed E-state index contributed by atoms with van der Waals surface area (Å²) in [7, 11) is 0. The van der Waals surface area contributed by atoms with E-state index in [1.807, 2.05) is 0 Å². The summed E-state index contributed by atoms with van der Waals surface area (Å²) in [6.07, 6.45) is 0.309. The average Bonchev–Trinajstić information content (AvgIpc) is 3.02. The van der Waals surface area contributed by atoms with Crippen molar-refractivity contribution in [2.75, 3.05) is 18.5 Å². The number of allylic oxidation sites excluding steroid dienone is 1. The molecule has 1 aliphatic rings. The van der Waals surface area contributed by atoms with Crippen molar-refractivity contribution < 1.29 is 22.4 Å². The molecule has 1 amide bonds. The third-order valence-electron chi connectivity index (χ3n) is 3.42. The maximum atomic E-state index is 13.7. The molecule has 0 unspecified atom stereocenters. The predicted octanol–water partition coefficient (Wildman–Crippen LogP) is 3.76. The number of aromatic nitrogens is 1. The first-order chi connectivity index (χ1) is 12.3. The summed E-state index contributed by atoms with van der Waals surface area (Å²) in [5.41, 5.74) is -0.858. The van der Waals surface area contributed by atoms with Gasteiger partial charge in [0.1, 0.15) is 12.5 Å². The van der Waals surface area contributed by atoms with Crippen LogP contribution in [0.2, 0.25) is 0 Å². The monoisotopic (exact) mass is 384 g/mol. The Kier molecular flexibility index (Phi) is 5.03. The van der Waals surface area contributed by atoms with E-state index in [0.717, 1.165) is 23.5 Å². The zero-order valence-electron chi connectivity index (χ0n) is 13.1. The van der Waals surface area contributed by atoms with E-state index in [2.05, 4.69) is 15.3 Å². The molecule has 1 aromatic carbocycles. The van der Waals surface area contributed by atoms with Gasteiger partial charge >= 0.3 is 6.18 Å². The Hall–Kier alpha value is -2.75. The van der Waals surface area contributed by atoms with E-state index in [4.69, 9.17) is 0 Å². The Labute approximate surface area is 149 Å². The van der Waals surface area contributed by atoms with Crippen molar-refractivity contribution >= 4 is 28.6 Å². The first kappa shape index (κ1) is 18.1. The quantitative estimate of drug-likeness (QED) is 0.817. The minimum Gasteiger partial charge on any atom is -0.349 e. The molecule has 3 rings (SSSR count). The lowest BCUT2D eigenvalue weighted by Crippen LogP contribution is -2.30. The molecular formula is C16H12F4N4OS. The van der Waals surface area contributed by atoms with Gasteiger partial charge < -0.3 is 10.2 Å². The second-order valence-corrected chi connectivity index (χ2v) is 6.20. The highest BCUT2D eigenvalue weighted by Crippen LogP contribution is 2.34. The maximum absolute atomic E-state index is 13.7. The summed E-state index contributed by atoms with van der Waals surface area (Å²) in [6.45, 7) is 0.454. The summed E-state index contributed by atoms with van der Waals surface area (Å²) in [6, 6.07) is 2.59. The third-order valence-corrected chi connectivity index (χ3v) is 4.18. The maximum Gasteiger partial charge on any atom is 0.419 e. The largest absolute Gasteiger partial charge is 0.419 e. The number of thiazole rings is 1. The van der Waals surface area contributed by atoms with Crippen molar-refractivity contribution in [3.8, 4) is 11.3 Å². The molecule has 0 spiro atoms. The van der Waals surface area contributed by atoms with Crippen LogP contribution in [0.1, 0.15) is 5.56 Å². The zero-order chi connectivity index (χ0) is 18.7. The molecule has 5 nitrogen and oxygen atoms in total. The van der Waals surface area contributed by atoms with Gasteiger partial charge in [-0.05, 0) is 18.2 Å². The SMILES string of the molecule is O=C(CN1C=CC=NC1)Nc1nc(-c2ccc(C(F)(F)F)c(F)c2)cs1. The van der Waals surface area contributed by atoms with Crippen molar-refractivity contribution in [3.63, 3.8) is 0 Å². The Morgan fingerprint density at radius 3 is 2.81 bits per heavy atom. The Bertz CT molecular complexity index is 875. The Morgan fingerprint density at radius 2 is 2.15 bits per heavy atom. The van der Waals surface area contributed by atoms with Crippen LogP contribution in [0.3, 0.4) is 0 Å². The van der Waals surface area contributed by atoms with E-state index in [-0.39, 0.29) is 28.8 Å². The van der Waals surface area contributed by atoms with E-state index < -0.39 is 17.6 Å². The highest BCUT2D eigenvalue weighted by atomic mass is 32.1. The smallest absolute Gasteiger partial charge is 0.349 e. The first-order valence-electron chi connectivity index (χ1n) is 7.36. The summed E-state index contributed by atoms with van der Waals surface area (Å²) < 4.78 is 51.5. The number of benzene rings is 1. The van der Waals surface area contributed by atoms with Crippen LogP contribution in [0.15, 0.2) is 40.8 Å². The lowest BCUT2D eigenvalue weighted by Gasteiger charge is -2.18. The number of rotatable bonds is 4. The molecule has 26 heavy (non-hydrogen) atoms. The van der Waals surface area contributed by atoms with Crippen LogP contribution < -0.4 is 5.32 Å². The van der Waals surface area contributed by atoms with Gasteiger partial charge in [0.05, 0.1) is 17.8 Å². The van der Waals surface area contributed by atoms with Crippen molar-refractivity contribution in [3.05, 3.63) is 47.2 Å². The standard InChI is InChI=1S/C16H12F4N4OS/c17-12-6-10(2-3-11(12)16(18,19)20)13-8-26-15(22-13)23-14(25)7-24-5-1-4-21-9-24/h1-6,8H,7,9H2,(H,22,23,25). The molecule has 0 saturated heterocycles. The van der Waals surface area contributed by atoms with Crippen molar-refractivity contribution in [2.24, 2.45) is 4.99 Å². The van der Waals surface area contributed by atoms with Crippen LogP contribution in [-0.4, -0.2) is 35.2 Å². The molecule has 1 N–H and O–H groups in total. The lowest BCUT2D eigenvalue weighted by atomic mass is 10.1. The summed E-state index contributed by atoms with van der Waals surface area (Å²) in [5, 5.41) is 4.40. The van der Waals surface area contributed by atoms with Crippen molar-refractivity contribution in [1.29, 1.82) is 0 Å². The van der Waals surface area contributed by atoms with Crippen molar-refractivity contribution in [1.82, 2.24) is 9.88 Å². The van der Waals surface area contributed by atoms with E-state index in [9.17, 15) is 22.4 Å². The number of halogens is 4. The summed E-state index contributed by atoms with van der Waals surface area (Å²) in [4.78, 5) is 21.8. The highest BCUT2D eigenvalue weighted by Gasteiger charge is 2.34. The van der Waals surface area contributed by atoms with Crippen LogP contribution >= 0.6 is 11.3 Å². The second kappa shape index (κ2) is 7.24. The van der Waals surface area contributed by atoms with Crippen LogP contribution in [0.25, 0.3) is 11.3 Å². The number of alkyl halides is 3. The van der Waals surface area contributed by atoms with Gasteiger partial charge in [-0.2, -0.15) is 13.2 Å². The van der Waals surface area contributed by atoms with Gasteiger partial charge in [-0.25, -0.2) is 9.37 Å². The van der Waals surface area contributed by atoms with Crippen LogP contribution in [-0.2, 0) is 11.0 Å². The highest BCUT2D eigenvalue weighted by molar-refractivity contribution is 7.14. The number of nitrogens with zero attached hydrogens (tertiary/aromatic N) is 3. The molecule has 0 saturated carbocycles. The van der Waals surface area contributed by atoms with E-state index in [0.29, 0.717) is 12.7 Å². The molecule has 1 aromatic heterocycles. The summed E-state index contributed by atoms with van der Waals surface area (Å²) in [5.74, 6) is -1.68. The van der Waals surface area contributed by atoms with Gasteiger partial charge in [0, 0.05) is 23.4 Å². The number of aliphatic imine (C=N–C) groups is 1. The number of anilines is 1. The van der Waals surface area contributed by atoms with Gasteiger partial charge in [-0.1, -0.05) is 6.07 Å². The average molecular weight is 384 g/mol. The van der Waals surface area contributed by atoms with Crippen LogP contribution in [0.5, 0.6) is 0 Å². The van der Waals surface area contributed by atoms with Crippen LogP contribution in [0.4, 0.5) is 22.7 Å². The van der Waals surface area contributed by atoms with Gasteiger partial charge in [-0.15, -0.1) is 11.3 Å². The van der Waals surface area contributed by atoms with E-state index >= 15 is 0 Å². The van der Waals surface area contributed by atoms with Gasteiger partial charge in [0.25, 0.3) is 0 Å². The fourth-order valence-electron chi connectivity index (χ4n) is 2.23. The number of carbonyl (C=O) groups is 1. The zero-order valence-corrected chi connectivity index (χ0v) is 13.9. The first-order valence-corrected chi connectivity index (χ1v) is 8.24. The molecule has 0 aliphatic carbocycles. The molecule has 0 atom stereocenters. The number of hydrogen-bond donors (Lipinski definition) is 1. The topological polar surface area (TPSA) is 57.6 Å². The predicted molar refractivity (Wildman–Crippen MR) is 90.3 cm³/mol. The normalized spacial score (nSPS) is 13.9. The Balaban J connectivity index is 1.68. The molecule has 0 bridgehead atoms. The molecule has 136 valence electrons. The number of nitrogens with one attached hydrogen (secondary N) is 1. The fraction of sp³-hybridized carbons (Fsp3) is 0.188. The molecule has 1 aliphatic heterocycles. The van der Waals surface area contributed by atoms with E-state index in [1.165, 1.54) is 5.38 Å². The second-order valence-electron chi connectivity index (χ2n) is 5.34. The van der Waals surface area contributed by atoms with Crippen LogP contribution in [0, 0.1) is 5.82 Å². The number of hydrogen-bond acceptors (Lipinski definition) is 5. The number of carbonyl (C=O) groups excluding carboxylic acids is 1. The third kappa shape index (κ3) is 4.26. The molecule has 2 aromatic rings. The molecule has 2 heterocycles. The molecular weight excluding hydrogens is 372 g/mol. The molecule has 10 heteroatoms. The Morgan fingerprint density at radius 1 is 1.35 bits per heavy atom. The van der Waals surface area contributed by atoms with Gasteiger partial charge in [0.15, 0.2) is 5.13 Å². The fourth-order valence-corrected chi connectivity index (χ4v) is 2.97. The summed E-state index contributed by atoms with van der Waals surface area (Å²) >= 11 is 1.10. The van der Waals surface area contributed by atoms with Gasteiger partial charge in [0.2, 0.25) is 5.91 Å². The minimum atomic E-state index is -4.75. The lowest BCUT2D eigenvalue weighted by molar-refractivity contribution is -0.140. The minimum absolute atomic E-state index is 0.0810. The number of amides is 1. The van der Waals surface area contributed by atoms with Gasteiger partial charge in [-0.3, -0.25) is 9.79 Å². The molecule has 0 fully saturated rings. The van der Waals surface area contributed by atoms with E-state index in [1.54, 1.807) is 23.4 Å².